The average Bonchev–Trinajstić information content (AvgIpc) is 2.75. The summed E-state index contributed by atoms with van der Waals surface area (Å²) in [7, 11) is 0. The highest BCUT2D eigenvalue weighted by molar-refractivity contribution is 5.94. The average molecular weight is 374 g/mol. The van der Waals surface area contributed by atoms with Crippen LogP contribution in [-0.2, 0) is 6.42 Å². The van der Waals surface area contributed by atoms with Gasteiger partial charge in [0, 0.05) is 41.0 Å². The van der Waals surface area contributed by atoms with Crippen molar-refractivity contribution in [1.29, 1.82) is 0 Å². The van der Waals surface area contributed by atoms with Gasteiger partial charge in [-0.15, -0.1) is 0 Å². The molecule has 0 aliphatic heterocycles. The fraction of sp³-hybridized carbons (Fsp3) is 0.273. The fourth-order valence-electron chi connectivity index (χ4n) is 3.45. The van der Waals surface area contributed by atoms with Crippen LogP contribution < -0.4 is 10.1 Å². The second kappa shape index (κ2) is 8.17. The Bertz CT molecular complexity index is 958. The molecule has 0 radical (unpaired) electrons. The molecule has 1 aromatic carbocycles. The van der Waals surface area contributed by atoms with E-state index < -0.39 is 0 Å². The van der Waals surface area contributed by atoms with Crippen LogP contribution in [0.5, 0.6) is 5.75 Å². The molecule has 1 N–H and O–H groups in total. The fourth-order valence-corrected chi connectivity index (χ4v) is 3.45. The molecule has 6 nitrogen and oxygen atoms in total. The summed E-state index contributed by atoms with van der Waals surface area (Å²) in [5.74, 6) is 1.36. The minimum Gasteiger partial charge on any atom is -0.494 e. The van der Waals surface area contributed by atoms with Crippen LogP contribution in [0.3, 0.4) is 0 Å². The molecule has 2 aromatic heterocycles. The van der Waals surface area contributed by atoms with Gasteiger partial charge in [-0.25, -0.2) is 9.97 Å². The van der Waals surface area contributed by atoms with Gasteiger partial charge >= 0.3 is 0 Å². The summed E-state index contributed by atoms with van der Waals surface area (Å²) >= 11 is 0. The smallest absolute Gasteiger partial charge is 0.251 e. The molecule has 2 heterocycles. The van der Waals surface area contributed by atoms with Crippen molar-refractivity contribution in [1.82, 2.24) is 20.3 Å². The van der Waals surface area contributed by atoms with E-state index in [0.717, 1.165) is 41.8 Å². The second-order valence-electron chi connectivity index (χ2n) is 6.71. The molecule has 0 fully saturated rings. The molecule has 142 valence electrons. The monoisotopic (exact) mass is 374 g/mol. The van der Waals surface area contributed by atoms with Crippen molar-refractivity contribution in [2.24, 2.45) is 0 Å². The summed E-state index contributed by atoms with van der Waals surface area (Å²) in [6, 6.07) is 10.9. The minimum absolute atomic E-state index is 0.0747. The number of carbonyl (C=O) groups is 1. The summed E-state index contributed by atoms with van der Waals surface area (Å²) in [6.45, 7) is 2.54. The Hall–Kier alpha value is -3.28. The van der Waals surface area contributed by atoms with Crippen molar-refractivity contribution >= 4 is 5.91 Å². The lowest BCUT2D eigenvalue weighted by molar-refractivity contribution is 0.0932. The zero-order valence-electron chi connectivity index (χ0n) is 15.8. The molecule has 1 amide bonds. The number of hydrogen-bond acceptors (Lipinski definition) is 5. The van der Waals surface area contributed by atoms with Gasteiger partial charge in [-0.2, -0.15) is 0 Å². The van der Waals surface area contributed by atoms with Crippen LogP contribution in [-0.4, -0.2) is 27.5 Å². The number of amides is 1. The van der Waals surface area contributed by atoms with Crippen LogP contribution in [0.25, 0.3) is 11.4 Å². The van der Waals surface area contributed by atoms with Gasteiger partial charge in [0.2, 0.25) is 0 Å². The Morgan fingerprint density at radius 2 is 1.96 bits per heavy atom. The van der Waals surface area contributed by atoms with E-state index in [1.807, 2.05) is 37.4 Å². The molecule has 28 heavy (non-hydrogen) atoms. The number of ether oxygens (including phenoxy) is 1. The van der Waals surface area contributed by atoms with Crippen molar-refractivity contribution in [3.8, 4) is 17.1 Å². The van der Waals surface area contributed by atoms with Gasteiger partial charge in [0.05, 0.1) is 12.6 Å². The first-order chi connectivity index (χ1) is 13.7. The molecule has 6 heteroatoms. The molecule has 1 atom stereocenters. The topological polar surface area (TPSA) is 77.0 Å². The van der Waals surface area contributed by atoms with E-state index in [4.69, 9.17) is 9.72 Å². The van der Waals surface area contributed by atoms with E-state index in [9.17, 15) is 4.79 Å². The molecule has 1 unspecified atom stereocenters. The van der Waals surface area contributed by atoms with Crippen LogP contribution >= 0.6 is 0 Å². The van der Waals surface area contributed by atoms with Gasteiger partial charge in [-0.05, 0) is 62.6 Å². The van der Waals surface area contributed by atoms with E-state index in [2.05, 4.69) is 15.3 Å². The van der Waals surface area contributed by atoms with E-state index in [1.54, 1.807) is 24.5 Å². The van der Waals surface area contributed by atoms with E-state index in [0.29, 0.717) is 18.0 Å². The molecular formula is C22H22N4O2. The normalized spacial score (nSPS) is 15.5. The lowest BCUT2D eigenvalue weighted by Gasteiger charge is -2.25. The van der Waals surface area contributed by atoms with Crippen LogP contribution in [0.4, 0.5) is 0 Å². The second-order valence-corrected chi connectivity index (χ2v) is 6.71. The highest BCUT2D eigenvalue weighted by Crippen LogP contribution is 2.30. The minimum atomic E-state index is -0.0980. The van der Waals surface area contributed by atoms with Crippen LogP contribution in [0.2, 0.25) is 0 Å². The first-order valence-electron chi connectivity index (χ1n) is 9.54. The van der Waals surface area contributed by atoms with Crippen molar-refractivity contribution in [3.05, 3.63) is 71.8 Å². The maximum Gasteiger partial charge on any atom is 0.251 e. The summed E-state index contributed by atoms with van der Waals surface area (Å²) in [5.41, 5.74) is 3.57. The molecule has 0 spiro atoms. The SMILES string of the molecule is CCOc1ccc(C(=O)NC2CCCc3nc(-c4ccncc4)ncc32)cc1. The van der Waals surface area contributed by atoms with Crippen LogP contribution in [0.15, 0.2) is 55.0 Å². The predicted octanol–water partition coefficient (Wildman–Crippen LogP) is 3.74. The Morgan fingerprint density at radius 3 is 2.71 bits per heavy atom. The Balaban J connectivity index is 1.52. The number of fused-ring (bicyclic) bond motifs is 1. The Labute approximate surface area is 164 Å². The highest BCUT2D eigenvalue weighted by atomic mass is 16.5. The number of carbonyl (C=O) groups excluding carboxylic acids is 1. The molecule has 0 saturated heterocycles. The molecule has 1 aliphatic rings. The number of pyridine rings is 1. The van der Waals surface area contributed by atoms with Crippen molar-refractivity contribution in [3.63, 3.8) is 0 Å². The molecule has 1 aliphatic carbocycles. The number of aromatic nitrogens is 3. The molecule has 0 saturated carbocycles. The molecule has 4 rings (SSSR count). The summed E-state index contributed by atoms with van der Waals surface area (Å²) in [6.07, 6.45) is 8.07. The first-order valence-corrected chi connectivity index (χ1v) is 9.54. The third kappa shape index (κ3) is 3.86. The van der Waals surface area contributed by atoms with Crippen LogP contribution in [0, 0.1) is 0 Å². The summed E-state index contributed by atoms with van der Waals surface area (Å²) in [4.78, 5) is 26.0. The first kappa shape index (κ1) is 18.1. The number of benzene rings is 1. The van der Waals surface area contributed by atoms with Gasteiger partial charge in [-0.3, -0.25) is 9.78 Å². The van der Waals surface area contributed by atoms with Crippen LogP contribution in [0.1, 0.15) is 47.4 Å². The molecule has 0 bridgehead atoms. The highest BCUT2D eigenvalue weighted by Gasteiger charge is 2.24. The number of nitrogens with zero attached hydrogens (tertiary/aromatic N) is 3. The summed E-state index contributed by atoms with van der Waals surface area (Å²) in [5, 5.41) is 3.13. The predicted molar refractivity (Wildman–Crippen MR) is 106 cm³/mol. The van der Waals surface area contributed by atoms with E-state index >= 15 is 0 Å². The van der Waals surface area contributed by atoms with Gasteiger partial charge in [0.1, 0.15) is 5.75 Å². The Kier molecular flexibility index (Phi) is 5.28. The largest absolute Gasteiger partial charge is 0.494 e. The lowest BCUT2D eigenvalue weighted by Crippen LogP contribution is -2.31. The third-order valence-electron chi connectivity index (χ3n) is 4.85. The zero-order valence-corrected chi connectivity index (χ0v) is 15.8. The van der Waals surface area contributed by atoms with E-state index in [1.165, 1.54) is 0 Å². The quantitative estimate of drug-likeness (QED) is 0.736. The van der Waals surface area contributed by atoms with Gasteiger partial charge in [-0.1, -0.05) is 0 Å². The number of nitrogens with one attached hydrogen (secondary N) is 1. The summed E-state index contributed by atoms with van der Waals surface area (Å²) < 4.78 is 5.43. The maximum absolute atomic E-state index is 12.7. The lowest BCUT2D eigenvalue weighted by atomic mass is 9.92. The standard InChI is InChI=1S/C22H22N4O2/c1-2-28-17-8-6-16(7-9-17)22(27)26-20-5-3-4-19-18(20)14-24-21(25-19)15-10-12-23-13-11-15/h6-14,20H,2-5H2,1H3,(H,26,27). The third-order valence-corrected chi connectivity index (χ3v) is 4.85. The number of hydrogen-bond donors (Lipinski definition) is 1. The molecule has 3 aromatic rings. The maximum atomic E-state index is 12.7. The number of rotatable bonds is 5. The Morgan fingerprint density at radius 1 is 1.18 bits per heavy atom. The van der Waals surface area contributed by atoms with Crippen molar-refractivity contribution in [2.45, 2.75) is 32.2 Å². The van der Waals surface area contributed by atoms with E-state index in [-0.39, 0.29) is 11.9 Å². The van der Waals surface area contributed by atoms with Gasteiger partial charge in [0.15, 0.2) is 5.82 Å². The van der Waals surface area contributed by atoms with Crippen molar-refractivity contribution in [2.75, 3.05) is 6.61 Å². The van der Waals surface area contributed by atoms with Crippen molar-refractivity contribution < 1.29 is 9.53 Å². The van der Waals surface area contributed by atoms with Gasteiger partial charge < -0.3 is 10.1 Å². The van der Waals surface area contributed by atoms with Gasteiger partial charge in [0.25, 0.3) is 5.91 Å². The number of aryl methyl sites for hydroxylation is 1. The zero-order chi connectivity index (χ0) is 19.3. The molecular weight excluding hydrogens is 352 g/mol.